The first-order chi connectivity index (χ1) is 11.6. The van der Waals surface area contributed by atoms with Crippen LogP contribution < -0.4 is 15.4 Å². The molecule has 1 aliphatic rings. The third kappa shape index (κ3) is 3.14. The van der Waals surface area contributed by atoms with E-state index in [1.54, 1.807) is 24.3 Å². The molecule has 7 nitrogen and oxygen atoms in total. The minimum Gasteiger partial charge on any atom is -0.466 e. The molecule has 2 N–H and O–H groups in total. The molecule has 3 rings (SSSR count). The van der Waals surface area contributed by atoms with Gasteiger partial charge in [-0.3, -0.25) is 9.59 Å². The highest BCUT2D eigenvalue weighted by molar-refractivity contribution is 6.31. The number of hydrogen-bond acceptors (Lipinski definition) is 5. The van der Waals surface area contributed by atoms with E-state index in [0.29, 0.717) is 16.3 Å². The number of carbonyl (C=O) groups excluding carboxylic acids is 2. The Hall–Kier alpha value is -3.11. The van der Waals surface area contributed by atoms with Crippen molar-refractivity contribution in [1.82, 2.24) is 10.3 Å². The van der Waals surface area contributed by atoms with Crippen LogP contribution in [0.2, 0.25) is 5.02 Å². The van der Waals surface area contributed by atoms with Crippen LogP contribution in [-0.2, 0) is 4.79 Å². The first kappa shape index (κ1) is 15.8. The summed E-state index contributed by atoms with van der Waals surface area (Å²) in [6.45, 7) is -0.117. The zero-order chi connectivity index (χ0) is 17.1. The number of aromatic nitrogens is 1. The SMILES string of the molecule is N#C[C@H](NC(=O)c1cnc2c(c1)NC(=O)CO2)c1ccccc1Cl. The van der Waals surface area contributed by atoms with E-state index in [4.69, 9.17) is 16.3 Å². The van der Waals surface area contributed by atoms with Gasteiger partial charge in [0.1, 0.15) is 11.7 Å². The molecule has 0 aliphatic carbocycles. The number of nitrogens with zero attached hydrogens (tertiary/aromatic N) is 2. The largest absolute Gasteiger partial charge is 0.466 e. The molecule has 1 atom stereocenters. The average Bonchev–Trinajstić information content (AvgIpc) is 2.59. The van der Waals surface area contributed by atoms with Crippen LogP contribution in [-0.4, -0.2) is 23.4 Å². The van der Waals surface area contributed by atoms with Crippen LogP contribution >= 0.6 is 11.6 Å². The summed E-state index contributed by atoms with van der Waals surface area (Å²) in [6, 6.07) is 9.29. The van der Waals surface area contributed by atoms with Crippen molar-refractivity contribution < 1.29 is 14.3 Å². The van der Waals surface area contributed by atoms with Crippen LogP contribution in [0, 0.1) is 11.3 Å². The van der Waals surface area contributed by atoms with Gasteiger partial charge in [0.05, 0.1) is 11.6 Å². The molecular formula is C16H11ClN4O3. The summed E-state index contributed by atoms with van der Waals surface area (Å²) >= 11 is 6.06. The Morgan fingerprint density at radius 2 is 2.25 bits per heavy atom. The number of ether oxygens (including phenoxy) is 1. The molecule has 1 aromatic carbocycles. The summed E-state index contributed by atoms with van der Waals surface area (Å²) in [5.74, 6) is -0.599. The molecule has 0 bridgehead atoms. The Kier molecular flexibility index (Phi) is 4.31. The Labute approximate surface area is 142 Å². The summed E-state index contributed by atoms with van der Waals surface area (Å²) < 4.78 is 5.13. The molecule has 0 saturated carbocycles. The molecule has 120 valence electrons. The van der Waals surface area contributed by atoms with Gasteiger partial charge >= 0.3 is 0 Å². The summed E-state index contributed by atoms with van der Waals surface area (Å²) in [5.41, 5.74) is 0.995. The van der Waals surface area contributed by atoms with Crippen molar-refractivity contribution in [2.24, 2.45) is 0 Å². The normalized spacial score (nSPS) is 13.8. The number of nitriles is 1. The van der Waals surface area contributed by atoms with Crippen molar-refractivity contribution in [3.8, 4) is 11.9 Å². The molecule has 2 heterocycles. The third-order valence-electron chi connectivity index (χ3n) is 3.35. The van der Waals surface area contributed by atoms with E-state index in [1.807, 2.05) is 6.07 Å². The number of amides is 2. The number of hydrogen-bond donors (Lipinski definition) is 2. The zero-order valence-corrected chi connectivity index (χ0v) is 13.0. The lowest BCUT2D eigenvalue weighted by molar-refractivity contribution is -0.118. The predicted molar refractivity (Wildman–Crippen MR) is 85.6 cm³/mol. The van der Waals surface area contributed by atoms with Crippen molar-refractivity contribution in [3.63, 3.8) is 0 Å². The maximum atomic E-state index is 12.4. The summed E-state index contributed by atoms with van der Waals surface area (Å²) in [7, 11) is 0. The highest BCUT2D eigenvalue weighted by Crippen LogP contribution is 2.26. The molecule has 0 unspecified atom stereocenters. The number of anilines is 1. The van der Waals surface area contributed by atoms with Crippen LogP contribution in [0.5, 0.6) is 5.88 Å². The molecule has 1 aliphatic heterocycles. The Balaban J connectivity index is 1.82. The van der Waals surface area contributed by atoms with Crippen LogP contribution in [0.25, 0.3) is 0 Å². The number of rotatable bonds is 3. The smallest absolute Gasteiger partial charge is 0.262 e. The second-order valence-electron chi connectivity index (χ2n) is 4.97. The van der Waals surface area contributed by atoms with Gasteiger partial charge in [-0.2, -0.15) is 5.26 Å². The zero-order valence-electron chi connectivity index (χ0n) is 12.2. The minimum atomic E-state index is -0.909. The second-order valence-corrected chi connectivity index (χ2v) is 5.38. The number of halogens is 1. The van der Waals surface area contributed by atoms with Gasteiger partial charge in [0.2, 0.25) is 5.88 Å². The van der Waals surface area contributed by atoms with Gasteiger partial charge in [0.15, 0.2) is 6.61 Å². The summed E-state index contributed by atoms with van der Waals surface area (Å²) in [4.78, 5) is 27.7. The fourth-order valence-electron chi connectivity index (χ4n) is 2.20. The van der Waals surface area contributed by atoms with Gasteiger partial charge in [-0.1, -0.05) is 29.8 Å². The lowest BCUT2D eigenvalue weighted by atomic mass is 10.1. The predicted octanol–water partition coefficient (Wildman–Crippen LogP) is 2.06. The van der Waals surface area contributed by atoms with Crippen molar-refractivity contribution in [1.29, 1.82) is 5.26 Å². The van der Waals surface area contributed by atoms with Crippen LogP contribution in [0.1, 0.15) is 22.0 Å². The maximum absolute atomic E-state index is 12.4. The Bertz CT molecular complexity index is 863. The number of carbonyl (C=O) groups is 2. The Morgan fingerprint density at radius 1 is 1.46 bits per heavy atom. The first-order valence-electron chi connectivity index (χ1n) is 6.96. The fourth-order valence-corrected chi connectivity index (χ4v) is 2.45. The van der Waals surface area contributed by atoms with E-state index in [9.17, 15) is 14.9 Å². The average molecular weight is 343 g/mol. The lowest BCUT2D eigenvalue weighted by Gasteiger charge is -2.18. The van der Waals surface area contributed by atoms with Gasteiger partial charge in [0.25, 0.3) is 11.8 Å². The third-order valence-corrected chi connectivity index (χ3v) is 3.69. The highest BCUT2D eigenvalue weighted by atomic mass is 35.5. The van der Waals surface area contributed by atoms with Gasteiger partial charge in [-0.15, -0.1) is 0 Å². The van der Waals surface area contributed by atoms with Gasteiger partial charge in [0, 0.05) is 16.8 Å². The number of benzene rings is 1. The molecule has 1 aromatic heterocycles. The molecule has 0 spiro atoms. The minimum absolute atomic E-state index is 0.117. The topological polar surface area (TPSA) is 104 Å². The number of pyridine rings is 1. The lowest BCUT2D eigenvalue weighted by Crippen LogP contribution is -2.29. The van der Waals surface area contributed by atoms with Crippen molar-refractivity contribution >= 4 is 29.1 Å². The Morgan fingerprint density at radius 3 is 3.00 bits per heavy atom. The maximum Gasteiger partial charge on any atom is 0.262 e. The van der Waals surface area contributed by atoms with Crippen molar-refractivity contribution in [2.45, 2.75) is 6.04 Å². The summed E-state index contributed by atoms with van der Waals surface area (Å²) in [5, 5.41) is 14.8. The van der Waals surface area contributed by atoms with Crippen LogP contribution in [0.4, 0.5) is 5.69 Å². The molecular weight excluding hydrogens is 332 g/mol. The number of nitrogens with one attached hydrogen (secondary N) is 2. The molecule has 24 heavy (non-hydrogen) atoms. The van der Waals surface area contributed by atoms with Crippen molar-refractivity contribution in [2.75, 3.05) is 11.9 Å². The molecule has 0 fully saturated rings. The van der Waals surface area contributed by atoms with Crippen molar-refractivity contribution in [3.05, 3.63) is 52.7 Å². The second kappa shape index (κ2) is 6.56. The monoisotopic (exact) mass is 342 g/mol. The molecule has 2 amide bonds. The van der Waals surface area contributed by atoms with E-state index in [0.717, 1.165) is 0 Å². The van der Waals surface area contributed by atoms with E-state index in [2.05, 4.69) is 15.6 Å². The van der Waals surface area contributed by atoms with E-state index < -0.39 is 11.9 Å². The standard InChI is InChI=1S/C16H11ClN4O3/c17-11-4-2-1-3-10(11)13(6-18)21-15(23)9-5-12-16(19-7-9)24-8-14(22)20-12/h1-5,7,13H,8H2,(H,20,22)(H,21,23)/t13-/m0/s1. The molecule has 2 aromatic rings. The van der Waals surface area contributed by atoms with Gasteiger partial charge in [-0.25, -0.2) is 4.98 Å². The van der Waals surface area contributed by atoms with Gasteiger partial charge in [-0.05, 0) is 12.1 Å². The first-order valence-corrected chi connectivity index (χ1v) is 7.34. The van der Waals surface area contributed by atoms with E-state index >= 15 is 0 Å². The van der Waals surface area contributed by atoms with E-state index in [1.165, 1.54) is 12.3 Å². The van der Waals surface area contributed by atoms with E-state index in [-0.39, 0.29) is 24.0 Å². The van der Waals surface area contributed by atoms with Crippen LogP contribution in [0.3, 0.4) is 0 Å². The summed E-state index contributed by atoms with van der Waals surface area (Å²) in [6.07, 6.45) is 1.31. The van der Waals surface area contributed by atoms with Crippen LogP contribution in [0.15, 0.2) is 36.5 Å². The fraction of sp³-hybridized carbons (Fsp3) is 0.125. The number of fused-ring (bicyclic) bond motifs is 1. The highest BCUT2D eigenvalue weighted by Gasteiger charge is 2.21. The molecule has 0 radical (unpaired) electrons. The van der Waals surface area contributed by atoms with Gasteiger partial charge < -0.3 is 15.4 Å². The molecule has 8 heteroatoms. The molecule has 0 saturated heterocycles. The quantitative estimate of drug-likeness (QED) is 0.888.